The number of carbonyl (C=O) groups is 1. The Hall–Kier alpha value is -1.17. The summed E-state index contributed by atoms with van der Waals surface area (Å²) in [4.78, 5) is 21.5. The first-order chi connectivity index (χ1) is 7.21. The molecule has 6 nitrogen and oxygen atoms in total. The van der Waals surface area contributed by atoms with Crippen molar-refractivity contribution in [2.45, 2.75) is 32.7 Å². The van der Waals surface area contributed by atoms with E-state index >= 15 is 0 Å². The van der Waals surface area contributed by atoms with E-state index in [4.69, 9.17) is 5.11 Å². The highest BCUT2D eigenvalue weighted by atomic mass is 16.5. The van der Waals surface area contributed by atoms with Crippen LogP contribution in [0.15, 0.2) is 5.29 Å². The van der Waals surface area contributed by atoms with Gasteiger partial charge < -0.3 is 9.84 Å². The molecule has 0 spiro atoms. The number of nitroso groups, excluding NO2 is 1. The second-order valence-electron chi connectivity index (χ2n) is 2.69. The summed E-state index contributed by atoms with van der Waals surface area (Å²) in [5.74, 6) is -0.407. The lowest BCUT2D eigenvalue weighted by Gasteiger charge is -2.22. The highest BCUT2D eigenvalue weighted by molar-refractivity contribution is 5.75. The number of ether oxygens (including phenoxy) is 1. The molecule has 0 aliphatic rings. The molecule has 0 radical (unpaired) electrons. The second kappa shape index (κ2) is 10.9. The molecule has 0 aromatic rings. The number of carbonyl (C=O) groups excluding carboxylic acids is 1. The molecule has 0 rings (SSSR count). The van der Waals surface area contributed by atoms with E-state index in [0.717, 1.165) is 13.5 Å². The predicted octanol–water partition coefficient (Wildman–Crippen LogP) is 0.940. The topological polar surface area (TPSA) is 79.2 Å². The lowest BCUT2D eigenvalue weighted by atomic mass is 10.2. The van der Waals surface area contributed by atoms with Crippen LogP contribution >= 0.6 is 0 Å². The number of esters is 1. The molecule has 0 bridgehead atoms. The fraction of sp³-hybridized carbons (Fsp3) is 0.889. The molecule has 1 unspecified atom stereocenters. The normalized spacial score (nSPS) is 10.7. The van der Waals surface area contributed by atoms with E-state index in [0.29, 0.717) is 13.0 Å². The minimum Gasteiger partial charge on any atom is -0.467 e. The van der Waals surface area contributed by atoms with Crippen LogP contribution in [0.3, 0.4) is 0 Å². The Labute approximate surface area is 90.2 Å². The van der Waals surface area contributed by atoms with Crippen molar-refractivity contribution < 1.29 is 14.6 Å². The van der Waals surface area contributed by atoms with Gasteiger partial charge in [-0.15, -0.1) is 4.91 Å². The molecule has 0 saturated carbocycles. The van der Waals surface area contributed by atoms with E-state index in [1.54, 1.807) is 0 Å². The number of methoxy groups -OCH3 is 1. The van der Waals surface area contributed by atoms with Gasteiger partial charge in [0.2, 0.25) is 0 Å². The number of rotatable bonds is 6. The molecule has 1 atom stereocenters. The Balaban J connectivity index is 0. The molecule has 15 heavy (non-hydrogen) atoms. The summed E-state index contributed by atoms with van der Waals surface area (Å²) >= 11 is 0. The van der Waals surface area contributed by atoms with Gasteiger partial charge >= 0.3 is 5.97 Å². The quantitative estimate of drug-likeness (QED) is 0.409. The summed E-state index contributed by atoms with van der Waals surface area (Å²) in [6.07, 6.45) is 1.30. The van der Waals surface area contributed by atoms with Crippen LogP contribution in [0.1, 0.15) is 26.7 Å². The van der Waals surface area contributed by atoms with Crippen LogP contribution in [-0.2, 0) is 9.53 Å². The molecule has 0 fully saturated rings. The maximum atomic E-state index is 11.2. The van der Waals surface area contributed by atoms with Crippen molar-refractivity contribution in [3.63, 3.8) is 0 Å². The van der Waals surface area contributed by atoms with Gasteiger partial charge in [-0.05, 0) is 12.8 Å². The summed E-state index contributed by atoms with van der Waals surface area (Å²) in [5.41, 5.74) is 0. The summed E-state index contributed by atoms with van der Waals surface area (Å²) in [6, 6.07) is -0.539. The van der Waals surface area contributed by atoms with Gasteiger partial charge in [0.05, 0.1) is 12.4 Å². The Morgan fingerprint density at radius 2 is 2.00 bits per heavy atom. The van der Waals surface area contributed by atoms with Crippen LogP contribution in [0, 0.1) is 4.91 Å². The van der Waals surface area contributed by atoms with Crippen molar-refractivity contribution in [3.8, 4) is 0 Å². The number of hydrogen-bond acceptors (Lipinski definition) is 5. The van der Waals surface area contributed by atoms with Gasteiger partial charge in [0.1, 0.15) is 6.04 Å². The Morgan fingerprint density at radius 3 is 2.27 bits per heavy atom. The fourth-order valence-electron chi connectivity index (χ4n) is 1.12. The highest BCUT2D eigenvalue weighted by Gasteiger charge is 2.24. The van der Waals surface area contributed by atoms with Crippen molar-refractivity contribution in [1.82, 2.24) is 5.01 Å². The zero-order valence-corrected chi connectivity index (χ0v) is 9.77. The fourth-order valence-corrected chi connectivity index (χ4v) is 1.12. The first-order valence-electron chi connectivity index (χ1n) is 4.83. The number of aliphatic hydroxyl groups is 1. The molecular weight excluding hydrogens is 200 g/mol. The third-order valence-corrected chi connectivity index (χ3v) is 1.78. The van der Waals surface area contributed by atoms with Crippen molar-refractivity contribution >= 4 is 5.97 Å². The monoisotopic (exact) mass is 220 g/mol. The van der Waals surface area contributed by atoms with Gasteiger partial charge in [0, 0.05) is 13.7 Å². The third kappa shape index (κ3) is 6.01. The minimum absolute atomic E-state index is 0.407. The van der Waals surface area contributed by atoms with Crippen molar-refractivity contribution in [3.05, 3.63) is 4.91 Å². The minimum atomic E-state index is -0.539. The van der Waals surface area contributed by atoms with E-state index in [1.165, 1.54) is 12.1 Å². The van der Waals surface area contributed by atoms with Crippen molar-refractivity contribution in [1.29, 1.82) is 0 Å². The molecule has 0 saturated heterocycles. The van der Waals surface area contributed by atoms with Gasteiger partial charge in [-0.25, -0.2) is 9.80 Å². The standard InChI is InChI=1S/C8H16N2O3.CH4O/c1-4-6-10(9-12)7(5-2)8(11)13-3;1-2/h7H,4-6H2,1-3H3;2H,1H3. The summed E-state index contributed by atoms with van der Waals surface area (Å²) in [5, 5.41) is 11.0. The lowest BCUT2D eigenvalue weighted by Crippen LogP contribution is -2.38. The summed E-state index contributed by atoms with van der Waals surface area (Å²) in [6.45, 7) is 4.22. The van der Waals surface area contributed by atoms with E-state index < -0.39 is 12.0 Å². The van der Waals surface area contributed by atoms with E-state index in [1.807, 2.05) is 13.8 Å². The van der Waals surface area contributed by atoms with Crippen molar-refractivity contribution in [2.24, 2.45) is 5.29 Å². The van der Waals surface area contributed by atoms with Crippen molar-refractivity contribution in [2.75, 3.05) is 20.8 Å². The van der Waals surface area contributed by atoms with Gasteiger partial charge in [-0.2, -0.15) is 0 Å². The highest BCUT2D eigenvalue weighted by Crippen LogP contribution is 2.07. The van der Waals surface area contributed by atoms with Crippen LogP contribution in [-0.4, -0.2) is 42.9 Å². The molecule has 0 aliphatic carbocycles. The Kier molecular flexibility index (Phi) is 11.8. The van der Waals surface area contributed by atoms with Gasteiger partial charge in [0.15, 0.2) is 0 Å². The van der Waals surface area contributed by atoms with Crippen LogP contribution in [0.5, 0.6) is 0 Å². The molecule has 1 N–H and O–H groups in total. The SMILES string of the molecule is CCCN(N=O)C(CC)C(=O)OC.CO. The Morgan fingerprint density at radius 1 is 1.47 bits per heavy atom. The third-order valence-electron chi connectivity index (χ3n) is 1.78. The smallest absolute Gasteiger partial charge is 0.330 e. The number of hydrogen-bond donors (Lipinski definition) is 1. The molecule has 0 amide bonds. The summed E-state index contributed by atoms with van der Waals surface area (Å²) < 4.78 is 4.55. The van der Waals surface area contributed by atoms with E-state index in [9.17, 15) is 9.70 Å². The zero-order valence-electron chi connectivity index (χ0n) is 9.77. The molecule has 0 aromatic carbocycles. The first kappa shape index (κ1) is 16.3. The molecule has 90 valence electrons. The second-order valence-corrected chi connectivity index (χ2v) is 2.69. The molecule has 0 aliphatic heterocycles. The maximum absolute atomic E-state index is 11.2. The summed E-state index contributed by atoms with van der Waals surface area (Å²) in [7, 11) is 2.31. The molecule has 0 heterocycles. The van der Waals surface area contributed by atoms with Crippen LogP contribution in [0.2, 0.25) is 0 Å². The maximum Gasteiger partial charge on any atom is 0.330 e. The van der Waals surface area contributed by atoms with Crippen LogP contribution in [0.4, 0.5) is 0 Å². The molecular formula is C9H20N2O4. The van der Waals surface area contributed by atoms with Crippen LogP contribution in [0.25, 0.3) is 0 Å². The zero-order chi connectivity index (χ0) is 12.3. The largest absolute Gasteiger partial charge is 0.467 e. The van der Waals surface area contributed by atoms with E-state index in [-0.39, 0.29) is 0 Å². The average molecular weight is 220 g/mol. The molecule has 6 heteroatoms. The van der Waals surface area contributed by atoms with Gasteiger partial charge in [-0.3, -0.25) is 0 Å². The van der Waals surface area contributed by atoms with Crippen LogP contribution < -0.4 is 0 Å². The van der Waals surface area contributed by atoms with Gasteiger partial charge in [0.25, 0.3) is 0 Å². The predicted molar refractivity (Wildman–Crippen MR) is 57.0 cm³/mol. The Bertz CT molecular complexity index is 175. The first-order valence-corrected chi connectivity index (χ1v) is 4.83. The van der Waals surface area contributed by atoms with E-state index in [2.05, 4.69) is 10.0 Å². The number of aliphatic hydroxyl groups excluding tert-OH is 1. The molecule has 0 aromatic heterocycles. The average Bonchev–Trinajstić information content (AvgIpc) is 2.31. The lowest BCUT2D eigenvalue weighted by molar-refractivity contribution is -0.147. The van der Waals surface area contributed by atoms with Gasteiger partial charge in [-0.1, -0.05) is 13.8 Å². The number of nitrogens with zero attached hydrogens (tertiary/aromatic N) is 2.